The number of rotatable bonds is 4. The number of benzene rings is 1. The van der Waals surface area contributed by atoms with Crippen molar-refractivity contribution in [1.29, 1.82) is 0 Å². The molecule has 17 heavy (non-hydrogen) atoms. The summed E-state index contributed by atoms with van der Waals surface area (Å²) in [6.07, 6.45) is 6.62. The van der Waals surface area contributed by atoms with E-state index in [1.54, 1.807) is 12.5 Å². The minimum atomic E-state index is 0.135. The van der Waals surface area contributed by atoms with E-state index in [9.17, 15) is 0 Å². The Labute approximate surface area is 103 Å². The minimum Gasteiger partial charge on any atom is -0.380 e. The van der Waals surface area contributed by atoms with Crippen LogP contribution >= 0.6 is 0 Å². The third-order valence-electron chi connectivity index (χ3n) is 3.04. The molecule has 0 spiro atoms. The molecule has 1 aromatic heterocycles. The van der Waals surface area contributed by atoms with Gasteiger partial charge in [-0.15, -0.1) is 0 Å². The summed E-state index contributed by atoms with van der Waals surface area (Å²) in [6.45, 7) is 6.60. The van der Waals surface area contributed by atoms with E-state index in [0.717, 1.165) is 17.8 Å². The molecule has 0 amide bonds. The van der Waals surface area contributed by atoms with Crippen LogP contribution in [-0.2, 0) is 0 Å². The molecular weight excluding hydrogens is 210 g/mol. The molecule has 0 aliphatic rings. The lowest BCUT2D eigenvalue weighted by atomic mass is 10.0. The van der Waals surface area contributed by atoms with E-state index < -0.39 is 0 Å². The summed E-state index contributed by atoms with van der Waals surface area (Å²) in [7, 11) is 0. The van der Waals surface area contributed by atoms with E-state index in [0.29, 0.717) is 0 Å². The summed E-state index contributed by atoms with van der Waals surface area (Å²) < 4.78 is 1.99. The Bertz CT molecular complexity index is 455. The van der Waals surface area contributed by atoms with Crippen molar-refractivity contribution in [2.45, 2.75) is 32.7 Å². The summed E-state index contributed by atoms with van der Waals surface area (Å²) in [5, 5.41) is 3.52. The molecule has 2 aromatic rings. The van der Waals surface area contributed by atoms with E-state index in [4.69, 9.17) is 0 Å². The number of aromatic nitrogens is 2. The molecular formula is C14H19N3. The van der Waals surface area contributed by atoms with Crippen LogP contribution in [0.5, 0.6) is 0 Å². The van der Waals surface area contributed by atoms with Crippen molar-refractivity contribution in [1.82, 2.24) is 9.55 Å². The van der Waals surface area contributed by atoms with Crippen molar-refractivity contribution in [3.8, 4) is 5.69 Å². The predicted molar refractivity (Wildman–Crippen MR) is 71.6 cm³/mol. The van der Waals surface area contributed by atoms with Crippen LogP contribution in [0, 0.1) is 0 Å². The lowest BCUT2D eigenvalue weighted by Gasteiger charge is -2.26. The van der Waals surface area contributed by atoms with E-state index in [1.165, 1.54) is 0 Å². The van der Waals surface area contributed by atoms with Crippen LogP contribution in [0.15, 0.2) is 43.0 Å². The molecule has 0 saturated heterocycles. The third-order valence-corrected chi connectivity index (χ3v) is 3.04. The van der Waals surface area contributed by atoms with E-state index in [2.05, 4.69) is 55.3 Å². The second kappa shape index (κ2) is 4.62. The van der Waals surface area contributed by atoms with Gasteiger partial charge in [0.15, 0.2) is 0 Å². The zero-order valence-corrected chi connectivity index (χ0v) is 10.6. The fourth-order valence-corrected chi connectivity index (χ4v) is 1.61. The van der Waals surface area contributed by atoms with Crippen molar-refractivity contribution >= 4 is 5.69 Å². The number of hydrogen-bond donors (Lipinski definition) is 1. The Morgan fingerprint density at radius 1 is 1.24 bits per heavy atom. The molecule has 1 heterocycles. The Kier molecular flexibility index (Phi) is 3.18. The first-order valence-electron chi connectivity index (χ1n) is 5.97. The summed E-state index contributed by atoms with van der Waals surface area (Å²) in [6, 6.07) is 8.39. The number of imidazole rings is 1. The highest BCUT2D eigenvalue weighted by Gasteiger charge is 2.13. The molecule has 1 aromatic carbocycles. The topological polar surface area (TPSA) is 29.9 Å². The molecule has 0 fully saturated rings. The molecule has 0 saturated carbocycles. The van der Waals surface area contributed by atoms with Crippen LogP contribution in [0.4, 0.5) is 5.69 Å². The number of nitrogens with zero attached hydrogens (tertiary/aromatic N) is 2. The average Bonchev–Trinajstić information content (AvgIpc) is 2.83. The first-order valence-corrected chi connectivity index (χ1v) is 5.97. The van der Waals surface area contributed by atoms with Crippen LogP contribution in [0.2, 0.25) is 0 Å². The standard InChI is InChI=1S/C14H19N3/c1-4-14(2,3)16-12-5-7-13(8-6-12)17-10-9-15-11-17/h5-11,16H,4H2,1-3H3. The Balaban J connectivity index is 2.14. The summed E-state index contributed by atoms with van der Waals surface area (Å²) in [5.74, 6) is 0. The first kappa shape index (κ1) is 11.7. The molecule has 0 aliphatic carbocycles. The molecule has 3 nitrogen and oxygen atoms in total. The summed E-state index contributed by atoms with van der Waals surface area (Å²) >= 11 is 0. The van der Waals surface area contributed by atoms with Gasteiger partial charge in [0.2, 0.25) is 0 Å². The normalized spacial score (nSPS) is 11.5. The molecule has 1 N–H and O–H groups in total. The van der Waals surface area contributed by atoms with Crippen LogP contribution in [-0.4, -0.2) is 15.1 Å². The van der Waals surface area contributed by atoms with Gasteiger partial charge in [-0.1, -0.05) is 6.92 Å². The van der Waals surface area contributed by atoms with E-state index >= 15 is 0 Å². The number of nitrogens with one attached hydrogen (secondary N) is 1. The third kappa shape index (κ3) is 2.87. The zero-order valence-electron chi connectivity index (χ0n) is 10.6. The Morgan fingerprint density at radius 3 is 2.47 bits per heavy atom. The van der Waals surface area contributed by atoms with Gasteiger partial charge in [0, 0.05) is 29.3 Å². The van der Waals surface area contributed by atoms with Crippen molar-refractivity contribution < 1.29 is 0 Å². The molecule has 90 valence electrons. The average molecular weight is 229 g/mol. The van der Waals surface area contributed by atoms with Gasteiger partial charge in [-0.25, -0.2) is 4.98 Å². The van der Waals surface area contributed by atoms with Gasteiger partial charge in [-0.05, 0) is 44.5 Å². The predicted octanol–water partition coefficient (Wildman–Crippen LogP) is 3.47. The van der Waals surface area contributed by atoms with Crippen molar-refractivity contribution in [2.75, 3.05) is 5.32 Å². The van der Waals surface area contributed by atoms with Gasteiger partial charge < -0.3 is 9.88 Å². The summed E-state index contributed by atoms with van der Waals surface area (Å²) in [4.78, 5) is 4.04. The maximum Gasteiger partial charge on any atom is 0.0991 e. The monoisotopic (exact) mass is 229 g/mol. The second-order valence-electron chi connectivity index (χ2n) is 4.88. The van der Waals surface area contributed by atoms with Crippen LogP contribution in [0.25, 0.3) is 5.69 Å². The quantitative estimate of drug-likeness (QED) is 0.870. The zero-order chi connectivity index (χ0) is 12.3. The van der Waals surface area contributed by atoms with Crippen molar-refractivity contribution in [2.24, 2.45) is 0 Å². The lowest BCUT2D eigenvalue weighted by molar-refractivity contribution is 0.547. The highest BCUT2D eigenvalue weighted by atomic mass is 15.0. The van der Waals surface area contributed by atoms with Gasteiger partial charge >= 0.3 is 0 Å². The van der Waals surface area contributed by atoms with Gasteiger partial charge in [-0.3, -0.25) is 0 Å². The largest absolute Gasteiger partial charge is 0.380 e. The molecule has 0 bridgehead atoms. The first-order chi connectivity index (χ1) is 8.11. The Hall–Kier alpha value is -1.77. The van der Waals surface area contributed by atoms with Crippen LogP contribution < -0.4 is 5.32 Å². The van der Waals surface area contributed by atoms with E-state index in [-0.39, 0.29) is 5.54 Å². The van der Waals surface area contributed by atoms with Gasteiger partial charge in [0.05, 0.1) is 6.33 Å². The van der Waals surface area contributed by atoms with Gasteiger partial charge in [-0.2, -0.15) is 0 Å². The van der Waals surface area contributed by atoms with E-state index in [1.807, 2.05) is 10.8 Å². The fourth-order valence-electron chi connectivity index (χ4n) is 1.61. The fraction of sp³-hybridized carbons (Fsp3) is 0.357. The number of anilines is 1. The molecule has 3 heteroatoms. The highest BCUT2D eigenvalue weighted by molar-refractivity contribution is 5.50. The Morgan fingerprint density at radius 2 is 1.94 bits per heavy atom. The van der Waals surface area contributed by atoms with Crippen molar-refractivity contribution in [3.63, 3.8) is 0 Å². The smallest absolute Gasteiger partial charge is 0.0991 e. The molecule has 0 unspecified atom stereocenters. The molecule has 0 radical (unpaired) electrons. The molecule has 0 atom stereocenters. The van der Waals surface area contributed by atoms with Crippen LogP contribution in [0.1, 0.15) is 27.2 Å². The van der Waals surface area contributed by atoms with Gasteiger partial charge in [0.25, 0.3) is 0 Å². The minimum absolute atomic E-state index is 0.135. The summed E-state index contributed by atoms with van der Waals surface area (Å²) in [5.41, 5.74) is 2.42. The lowest BCUT2D eigenvalue weighted by Crippen LogP contribution is -2.29. The van der Waals surface area contributed by atoms with Gasteiger partial charge in [0.1, 0.15) is 0 Å². The molecule has 2 rings (SSSR count). The van der Waals surface area contributed by atoms with Crippen LogP contribution in [0.3, 0.4) is 0 Å². The van der Waals surface area contributed by atoms with Crippen molar-refractivity contribution in [3.05, 3.63) is 43.0 Å². The SMILES string of the molecule is CCC(C)(C)Nc1ccc(-n2ccnc2)cc1. The maximum atomic E-state index is 4.04. The number of hydrogen-bond acceptors (Lipinski definition) is 2. The maximum absolute atomic E-state index is 4.04. The molecule has 0 aliphatic heterocycles. The second-order valence-corrected chi connectivity index (χ2v) is 4.88. The highest BCUT2D eigenvalue weighted by Crippen LogP contribution is 2.19.